The van der Waals surface area contributed by atoms with Gasteiger partial charge in [-0.2, -0.15) is 0 Å². The molecule has 0 amide bonds. The Labute approximate surface area is 111 Å². The summed E-state index contributed by atoms with van der Waals surface area (Å²) < 4.78 is 12.0. The molecule has 0 fully saturated rings. The average Bonchev–Trinajstić information content (AvgIpc) is 2.30. The fourth-order valence-electron chi connectivity index (χ4n) is 1.59. The van der Waals surface area contributed by atoms with Gasteiger partial charge in [-0.1, -0.05) is 29.8 Å². The van der Waals surface area contributed by atoms with Crippen molar-refractivity contribution < 1.29 is 9.47 Å². The molecular formula is C13H20BrNO2. The molecule has 0 saturated heterocycles. The van der Waals surface area contributed by atoms with E-state index in [0.29, 0.717) is 19.1 Å². The number of ether oxygens (including phenoxy) is 2. The molecule has 1 unspecified atom stereocenters. The van der Waals surface area contributed by atoms with Gasteiger partial charge in [-0.3, -0.25) is 0 Å². The lowest BCUT2D eigenvalue weighted by molar-refractivity contribution is 0.0852. The minimum absolute atomic E-state index is 0.0984. The van der Waals surface area contributed by atoms with Gasteiger partial charge in [0.1, 0.15) is 11.9 Å². The molecular weight excluding hydrogens is 282 g/mol. The molecule has 1 rings (SSSR count). The number of benzene rings is 1. The third-order valence-corrected chi connectivity index (χ3v) is 3.00. The first-order valence-corrected chi connectivity index (χ1v) is 6.52. The third-order valence-electron chi connectivity index (χ3n) is 2.50. The molecule has 1 atom stereocenters. The van der Waals surface area contributed by atoms with Crippen LogP contribution in [0, 0.1) is 0 Å². The third kappa shape index (κ3) is 4.30. The molecule has 1 aromatic rings. The maximum absolute atomic E-state index is 5.88. The van der Waals surface area contributed by atoms with Gasteiger partial charge in [0.15, 0.2) is 0 Å². The largest absolute Gasteiger partial charge is 0.486 e. The Hall–Kier alpha value is -0.580. The average molecular weight is 302 g/mol. The molecule has 0 radical (unpaired) electrons. The van der Waals surface area contributed by atoms with Crippen LogP contribution < -0.4 is 10.5 Å². The number of rotatable bonds is 6. The summed E-state index contributed by atoms with van der Waals surface area (Å²) in [5.41, 5.74) is 6.82. The highest BCUT2D eigenvalue weighted by Gasteiger charge is 2.13. The highest BCUT2D eigenvalue weighted by Crippen LogP contribution is 2.30. The van der Waals surface area contributed by atoms with Crippen LogP contribution in [0.5, 0.6) is 5.75 Å². The lowest BCUT2D eigenvalue weighted by Crippen LogP contribution is -2.31. The number of hydrogen-bond acceptors (Lipinski definition) is 3. The Morgan fingerprint density at radius 1 is 1.35 bits per heavy atom. The second-order valence-electron chi connectivity index (χ2n) is 4.27. The molecule has 0 saturated carbocycles. The molecule has 0 heterocycles. The molecule has 0 aliphatic rings. The zero-order chi connectivity index (χ0) is 12.8. The van der Waals surface area contributed by atoms with E-state index in [0.717, 1.165) is 10.2 Å². The lowest BCUT2D eigenvalue weighted by Gasteiger charge is -2.20. The maximum atomic E-state index is 5.88. The summed E-state index contributed by atoms with van der Waals surface area (Å²) in [4.78, 5) is 0. The summed E-state index contributed by atoms with van der Waals surface area (Å²) in [6.45, 7) is 5.23. The van der Waals surface area contributed by atoms with E-state index in [2.05, 4.69) is 35.8 Å². The van der Waals surface area contributed by atoms with Crippen LogP contribution in [0.2, 0.25) is 0 Å². The zero-order valence-corrected chi connectivity index (χ0v) is 12.2. The van der Waals surface area contributed by atoms with Crippen molar-refractivity contribution in [3.63, 3.8) is 0 Å². The normalized spacial score (nSPS) is 12.8. The predicted molar refractivity (Wildman–Crippen MR) is 73.6 cm³/mol. The summed E-state index contributed by atoms with van der Waals surface area (Å²) in [6, 6.07) is 6.03. The van der Waals surface area contributed by atoms with E-state index < -0.39 is 0 Å². The van der Waals surface area contributed by atoms with Crippen LogP contribution in [-0.2, 0) is 4.74 Å². The second kappa shape index (κ2) is 6.99. The van der Waals surface area contributed by atoms with Crippen molar-refractivity contribution in [1.82, 2.24) is 0 Å². The van der Waals surface area contributed by atoms with E-state index in [9.17, 15) is 0 Å². The number of nitrogens with two attached hydrogens (primary N) is 1. The van der Waals surface area contributed by atoms with Crippen LogP contribution in [-0.4, -0.2) is 26.4 Å². The summed E-state index contributed by atoms with van der Waals surface area (Å²) in [5.74, 6) is 1.29. The van der Waals surface area contributed by atoms with Gasteiger partial charge in [-0.15, -0.1) is 0 Å². The zero-order valence-electron chi connectivity index (χ0n) is 10.6. The standard InChI is InChI=1S/C13H20BrNO2/c1-9(2)12-6-10(14)4-5-13(12)17-11(7-15)8-16-3/h4-6,9,11H,7-8,15H2,1-3H3. The Kier molecular flexibility index (Phi) is 5.95. The molecule has 4 heteroatoms. The van der Waals surface area contributed by atoms with E-state index in [4.69, 9.17) is 15.2 Å². The Morgan fingerprint density at radius 3 is 2.59 bits per heavy atom. The second-order valence-corrected chi connectivity index (χ2v) is 5.18. The summed E-state index contributed by atoms with van der Waals surface area (Å²) in [5, 5.41) is 0. The maximum Gasteiger partial charge on any atom is 0.134 e. The van der Waals surface area contributed by atoms with Gasteiger partial charge >= 0.3 is 0 Å². The highest BCUT2D eigenvalue weighted by molar-refractivity contribution is 9.10. The number of halogens is 1. The summed E-state index contributed by atoms with van der Waals surface area (Å²) >= 11 is 3.47. The van der Waals surface area contributed by atoms with Gasteiger partial charge in [0.25, 0.3) is 0 Å². The molecule has 3 nitrogen and oxygen atoms in total. The SMILES string of the molecule is COCC(CN)Oc1ccc(Br)cc1C(C)C. The summed E-state index contributed by atoms with van der Waals surface area (Å²) in [7, 11) is 1.65. The van der Waals surface area contributed by atoms with Crippen molar-refractivity contribution in [3.8, 4) is 5.75 Å². The quantitative estimate of drug-likeness (QED) is 0.878. The fraction of sp³-hybridized carbons (Fsp3) is 0.538. The molecule has 1 aromatic carbocycles. The van der Waals surface area contributed by atoms with E-state index in [1.807, 2.05) is 12.1 Å². The van der Waals surface area contributed by atoms with Gasteiger partial charge in [-0.05, 0) is 29.7 Å². The lowest BCUT2D eigenvalue weighted by atomic mass is 10.0. The summed E-state index contributed by atoms with van der Waals surface area (Å²) in [6.07, 6.45) is -0.0984. The topological polar surface area (TPSA) is 44.5 Å². The van der Waals surface area contributed by atoms with Crippen LogP contribution >= 0.6 is 15.9 Å². The van der Waals surface area contributed by atoms with E-state index in [1.165, 1.54) is 5.56 Å². The molecule has 17 heavy (non-hydrogen) atoms. The smallest absolute Gasteiger partial charge is 0.134 e. The molecule has 0 bridgehead atoms. The molecule has 2 N–H and O–H groups in total. The van der Waals surface area contributed by atoms with Crippen LogP contribution in [0.1, 0.15) is 25.3 Å². The van der Waals surface area contributed by atoms with Gasteiger partial charge in [0, 0.05) is 18.1 Å². The van der Waals surface area contributed by atoms with E-state index in [-0.39, 0.29) is 6.10 Å². The van der Waals surface area contributed by atoms with Gasteiger partial charge in [-0.25, -0.2) is 0 Å². The van der Waals surface area contributed by atoms with Gasteiger partial charge in [0.05, 0.1) is 6.61 Å². The highest BCUT2D eigenvalue weighted by atomic mass is 79.9. The Balaban J connectivity index is 2.88. The minimum Gasteiger partial charge on any atom is -0.486 e. The van der Waals surface area contributed by atoms with Crippen molar-refractivity contribution in [3.05, 3.63) is 28.2 Å². The monoisotopic (exact) mass is 301 g/mol. The van der Waals surface area contributed by atoms with Gasteiger partial charge in [0.2, 0.25) is 0 Å². The number of hydrogen-bond donors (Lipinski definition) is 1. The molecule has 0 aromatic heterocycles. The minimum atomic E-state index is -0.0984. The van der Waals surface area contributed by atoms with Crippen LogP contribution in [0.25, 0.3) is 0 Å². The van der Waals surface area contributed by atoms with Crippen LogP contribution in [0.4, 0.5) is 0 Å². The first-order valence-electron chi connectivity index (χ1n) is 5.73. The number of methoxy groups -OCH3 is 1. The van der Waals surface area contributed by atoms with Crippen molar-refractivity contribution in [2.75, 3.05) is 20.3 Å². The van der Waals surface area contributed by atoms with Gasteiger partial charge < -0.3 is 15.2 Å². The first-order chi connectivity index (χ1) is 8.08. The predicted octanol–water partition coefficient (Wildman–Crippen LogP) is 2.93. The van der Waals surface area contributed by atoms with Crippen molar-refractivity contribution in [1.29, 1.82) is 0 Å². The fourth-order valence-corrected chi connectivity index (χ4v) is 1.97. The van der Waals surface area contributed by atoms with Crippen LogP contribution in [0.3, 0.4) is 0 Å². The molecule has 0 spiro atoms. The molecule has 0 aliphatic heterocycles. The van der Waals surface area contributed by atoms with Crippen LogP contribution in [0.15, 0.2) is 22.7 Å². The van der Waals surface area contributed by atoms with E-state index >= 15 is 0 Å². The van der Waals surface area contributed by atoms with Crippen molar-refractivity contribution >= 4 is 15.9 Å². The first kappa shape index (κ1) is 14.5. The van der Waals surface area contributed by atoms with E-state index in [1.54, 1.807) is 7.11 Å². The van der Waals surface area contributed by atoms with Crippen molar-refractivity contribution in [2.45, 2.75) is 25.9 Å². The Bertz CT molecular complexity index is 355. The Morgan fingerprint density at radius 2 is 2.06 bits per heavy atom. The van der Waals surface area contributed by atoms with Crippen molar-refractivity contribution in [2.24, 2.45) is 5.73 Å². The molecule has 0 aliphatic carbocycles. The molecule has 96 valence electrons.